The van der Waals surface area contributed by atoms with Gasteiger partial charge in [-0.15, -0.1) is 0 Å². The quantitative estimate of drug-likeness (QED) is 0.600. The van der Waals surface area contributed by atoms with Crippen molar-refractivity contribution in [2.75, 3.05) is 0 Å². The highest BCUT2D eigenvalue weighted by molar-refractivity contribution is 6.67. The third-order valence-electron chi connectivity index (χ3n) is 1.14. The Morgan fingerprint density at radius 1 is 0.933 bits per heavy atom. The van der Waals surface area contributed by atoms with Crippen molar-refractivity contribution >= 4 is 87.1 Å². The first-order valence-corrected chi connectivity index (χ1v) is 5.71. The lowest BCUT2D eigenvalue weighted by molar-refractivity contribution is -0.117. The highest BCUT2D eigenvalue weighted by atomic mass is 35.5. The predicted octanol–water partition coefficient (Wildman–Crippen LogP) is 4.22. The SMILES string of the molecule is NC(=O)C(Cl)(Cl)/C(Cl)=C(\Cl)C(Cl)=C(Cl)Cl. The van der Waals surface area contributed by atoms with Crippen LogP contribution in [0.5, 0.6) is 0 Å². The lowest BCUT2D eigenvalue weighted by atomic mass is 10.3. The van der Waals surface area contributed by atoms with Crippen LogP contribution in [-0.4, -0.2) is 10.2 Å². The molecule has 0 aromatic rings. The molecule has 0 fully saturated rings. The Bertz CT molecular complexity index is 341. The zero-order valence-electron chi connectivity index (χ0n) is 6.63. The summed E-state index contributed by atoms with van der Waals surface area (Å²) in [7, 11) is 0. The van der Waals surface area contributed by atoms with E-state index in [2.05, 4.69) is 0 Å². The van der Waals surface area contributed by atoms with Crippen molar-refractivity contribution in [3.8, 4) is 0 Å². The number of nitrogens with two attached hydrogens (primary N) is 1. The molecule has 86 valence electrons. The highest BCUT2D eigenvalue weighted by Crippen LogP contribution is 2.40. The van der Waals surface area contributed by atoms with Gasteiger partial charge in [0.25, 0.3) is 5.91 Å². The van der Waals surface area contributed by atoms with Crippen LogP contribution in [0.4, 0.5) is 0 Å². The average Bonchev–Trinajstić information content (AvgIpc) is 2.13. The van der Waals surface area contributed by atoms with Gasteiger partial charge < -0.3 is 5.73 Å². The number of primary amides is 1. The molecule has 0 bridgehead atoms. The molecule has 15 heavy (non-hydrogen) atoms. The minimum Gasteiger partial charge on any atom is -0.367 e. The number of rotatable bonds is 3. The second kappa shape index (κ2) is 6.06. The number of allylic oxidation sites excluding steroid dienone is 2. The molecular formula is C6H2Cl7NO. The Kier molecular flexibility index (Phi) is 6.46. The second-order valence-corrected chi connectivity index (χ2v) is 5.55. The fourth-order valence-electron chi connectivity index (χ4n) is 0.425. The van der Waals surface area contributed by atoms with Gasteiger partial charge >= 0.3 is 0 Å². The molecule has 0 saturated heterocycles. The highest BCUT2D eigenvalue weighted by Gasteiger charge is 2.38. The van der Waals surface area contributed by atoms with Crippen molar-refractivity contribution in [1.82, 2.24) is 0 Å². The first-order valence-electron chi connectivity index (χ1n) is 3.07. The third-order valence-corrected chi connectivity index (χ3v) is 4.07. The maximum Gasteiger partial charge on any atom is 0.259 e. The minimum atomic E-state index is -2.19. The molecule has 0 aliphatic heterocycles. The van der Waals surface area contributed by atoms with Crippen molar-refractivity contribution in [3.63, 3.8) is 0 Å². The summed E-state index contributed by atoms with van der Waals surface area (Å²) in [6.07, 6.45) is 0. The molecule has 0 rings (SSSR count). The Morgan fingerprint density at radius 3 is 1.60 bits per heavy atom. The van der Waals surface area contributed by atoms with E-state index in [1.54, 1.807) is 0 Å². The molecule has 0 heterocycles. The predicted molar refractivity (Wildman–Crippen MR) is 66.9 cm³/mol. The molecule has 2 nitrogen and oxygen atoms in total. The first-order chi connectivity index (χ1) is 6.62. The van der Waals surface area contributed by atoms with Gasteiger partial charge in [0.15, 0.2) is 0 Å². The van der Waals surface area contributed by atoms with Gasteiger partial charge in [-0.1, -0.05) is 81.2 Å². The lowest BCUT2D eigenvalue weighted by Gasteiger charge is -2.15. The normalized spacial score (nSPS) is 13.3. The van der Waals surface area contributed by atoms with Gasteiger partial charge in [-0.2, -0.15) is 0 Å². The Morgan fingerprint density at radius 2 is 1.33 bits per heavy atom. The number of hydrogen-bond donors (Lipinski definition) is 1. The van der Waals surface area contributed by atoms with E-state index >= 15 is 0 Å². The fraction of sp³-hybridized carbons (Fsp3) is 0.167. The monoisotopic (exact) mass is 349 g/mol. The average molecular weight is 352 g/mol. The summed E-state index contributed by atoms with van der Waals surface area (Å²) in [6, 6.07) is 0. The maximum absolute atomic E-state index is 10.8. The molecule has 0 saturated carbocycles. The lowest BCUT2D eigenvalue weighted by Crippen LogP contribution is -2.34. The van der Waals surface area contributed by atoms with Crippen LogP contribution < -0.4 is 5.73 Å². The molecular weight excluding hydrogens is 350 g/mol. The van der Waals surface area contributed by atoms with Gasteiger partial charge in [-0.25, -0.2) is 0 Å². The number of halogens is 7. The van der Waals surface area contributed by atoms with Crippen LogP contribution in [0.3, 0.4) is 0 Å². The van der Waals surface area contributed by atoms with Crippen LogP contribution in [0.1, 0.15) is 0 Å². The summed E-state index contributed by atoms with van der Waals surface area (Å²) in [6.45, 7) is 0. The topological polar surface area (TPSA) is 43.1 Å². The first kappa shape index (κ1) is 16.0. The van der Waals surface area contributed by atoms with Crippen molar-refractivity contribution in [3.05, 3.63) is 19.6 Å². The van der Waals surface area contributed by atoms with Gasteiger partial charge in [0.05, 0.1) is 15.1 Å². The molecule has 1 amide bonds. The zero-order valence-corrected chi connectivity index (χ0v) is 11.9. The van der Waals surface area contributed by atoms with E-state index in [-0.39, 0.29) is 14.6 Å². The molecule has 0 atom stereocenters. The Balaban J connectivity index is 5.49. The van der Waals surface area contributed by atoms with Gasteiger partial charge in [0.2, 0.25) is 4.33 Å². The molecule has 9 heteroatoms. The summed E-state index contributed by atoms with van der Waals surface area (Å²) in [5.41, 5.74) is 4.88. The summed E-state index contributed by atoms with van der Waals surface area (Å²) in [4.78, 5) is 10.8. The van der Waals surface area contributed by atoms with E-state index < -0.39 is 15.3 Å². The summed E-state index contributed by atoms with van der Waals surface area (Å²) in [5, 5.41) is -1.14. The number of alkyl halides is 2. The standard InChI is InChI=1S/C6H2Cl7NO/c7-1(2(8)4(10)11)3(9)6(12,13)5(14)15/h(H2,14,15)/b3-1+. The van der Waals surface area contributed by atoms with Crippen molar-refractivity contribution in [2.24, 2.45) is 5.73 Å². The summed E-state index contributed by atoms with van der Waals surface area (Å²) >= 11 is 38.5. The van der Waals surface area contributed by atoms with E-state index in [1.807, 2.05) is 0 Å². The van der Waals surface area contributed by atoms with Gasteiger partial charge in [0, 0.05) is 0 Å². The van der Waals surface area contributed by atoms with Gasteiger partial charge in [-0.3, -0.25) is 4.79 Å². The number of carbonyl (C=O) groups is 1. The van der Waals surface area contributed by atoms with Crippen molar-refractivity contribution < 1.29 is 4.79 Å². The largest absolute Gasteiger partial charge is 0.367 e. The van der Waals surface area contributed by atoms with Gasteiger partial charge in [0.1, 0.15) is 4.49 Å². The summed E-state index contributed by atoms with van der Waals surface area (Å²) < 4.78 is -2.55. The van der Waals surface area contributed by atoms with Crippen LogP contribution in [0, 0.1) is 0 Å². The molecule has 0 aromatic heterocycles. The third kappa shape index (κ3) is 4.04. The van der Waals surface area contributed by atoms with E-state index in [4.69, 9.17) is 86.9 Å². The van der Waals surface area contributed by atoms with Crippen LogP contribution in [-0.2, 0) is 4.79 Å². The van der Waals surface area contributed by atoms with Crippen LogP contribution >= 0.6 is 81.2 Å². The van der Waals surface area contributed by atoms with E-state index in [0.717, 1.165) is 0 Å². The summed E-state index contributed by atoms with van der Waals surface area (Å²) in [5.74, 6) is -1.11. The maximum atomic E-state index is 10.8. The molecule has 0 aromatic carbocycles. The molecule has 0 unspecified atom stereocenters. The van der Waals surface area contributed by atoms with Crippen LogP contribution in [0.15, 0.2) is 19.6 Å². The van der Waals surface area contributed by atoms with E-state index in [9.17, 15) is 4.79 Å². The number of carbonyl (C=O) groups excluding carboxylic acids is 1. The zero-order chi connectivity index (χ0) is 12.4. The molecule has 0 aliphatic carbocycles. The molecule has 0 spiro atoms. The molecule has 0 aliphatic rings. The van der Waals surface area contributed by atoms with Crippen molar-refractivity contribution in [2.45, 2.75) is 4.33 Å². The molecule has 2 N–H and O–H groups in total. The van der Waals surface area contributed by atoms with Gasteiger partial charge in [-0.05, 0) is 0 Å². The minimum absolute atomic E-state index is 0.295. The van der Waals surface area contributed by atoms with Crippen LogP contribution in [0.2, 0.25) is 0 Å². The van der Waals surface area contributed by atoms with E-state index in [1.165, 1.54) is 0 Å². The number of amides is 1. The second-order valence-electron chi connectivity index (χ2n) is 2.14. The fourth-order valence-corrected chi connectivity index (χ4v) is 1.56. The van der Waals surface area contributed by atoms with E-state index in [0.29, 0.717) is 0 Å². The number of hydrogen-bond acceptors (Lipinski definition) is 1. The molecule has 0 radical (unpaired) electrons. The van der Waals surface area contributed by atoms with Crippen molar-refractivity contribution in [1.29, 1.82) is 0 Å². The van der Waals surface area contributed by atoms with Crippen LogP contribution in [0.25, 0.3) is 0 Å². The Hall–Kier alpha value is 0.980. The smallest absolute Gasteiger partial charge is 0.259 e. The Labute approximate surface area is 121 Å².